The number of nitrogens with one attached hydrogen (secondary N) is 2. The smallest absolute Gasteiger partial charge is 0.270 e. The van der Waals surface area contributed by atoms with Crippen molar-refractivity contribution in [2.45, 2.75) is 6.54 Å². The largest absolute Gasteiger partial charge is 0.463 e. The van der Waals surface area contributed by atoms with Crippen LogP contribution in [-0.2, 0) is 6.54 Å². The summed E-state index contributed by atoms with van der Waals surface area (Å²) in [7, 11) is 0. The monoisotopic (exact) mass is 408 g/mol. The van der Waals surface area contributed by atoms with Crippen LogP contribution in [0.2, 0.25) is 0 Å². The number of rotatable bonds is 7. The van der Waals surface area contributed by atoms with Crippen molar-refractivity contribution in [3.63, 3.8) is 0 Å². The van der Waals surface area contributed by atoms with E-state index < -0.39 is 0 Å². The molecule has 0 bridgehead atoms. The van der Waals surface area contributed by atoms with E-state index in [1.165, 1.54) is 28.3 Å². The predicted molar refractivity (Wildman–Crippen MR) is 108 cm³/mol. The van der Waals surface area contributed by atoms with Gasteiger partial charge < -0.3 is 15.1 Å². The van der Waals surface area contributed by atoms with Crippen LogP contribution in [-0.4, -0.2) is 32.2 Å². The molecule has 0 aliphatic rings. The summed E-state index contributed by atoms with van der Waals surface area (Å²) in [5.41, 5.74) is 0.578. The van der Waals surface area contributed by atoms with Crippen molar-refractivity contribution in [3.8, 4) is 11.5 Å². The van der Waals surface area contributed by atoms with E-state index in [9.17, 15) is 9.59 Å². The molecular formula is C19H16N6O3S. The number of carbonyl (C=O) groups is 1. The molecule has 29 heavy (non-hydrogen) atoms. The molecule has 4 rings (SSSR count). The van der Waals surface area contributed by atoms with E-state index in [1.54, 1.807) is 29.8 Å². The number of carbonyl (C=O) groups excluding carboxylic acids is 1. The fraction of sp³-hybridized carbons (Fsp3) is 0.105. The van der Waals surface area contributed by atoms with Crippen LogP contribution in [0.1, 0.15) is 10.5 Å². The molecule has 0 aliphatic carbocycles. The minimum Gasteiger partial charge on any atom is -0.463 e. The topological polar surface area (TPSA) is 115 Å². The van der Waals surface area contributed by atoms with Crippen LogP contribution in [0.5, 0.6) is 0 Å². The zero-order valence-electron chi connectivity index (χ0n) is 15.1. The number of aromatic nitrogens is 4. The maximum atomic E-state index is 12.3. The molecule has 0 saturated heterocycles. The average Bonchev–Trinajstić information content (AvgIpc) is 3.42. The van der Waals surface area contributed by atoms with E-state index >= 15 is 0 Å². The predicted octanol–water partition coefficient (Wildman–Crippen LogP) is 2.53. The fourth-order valence-electron chi connectivity index (χ4n) is 2.51. The molecule has 0 aromatic carbocycles. The molecule has 4 aromatic rings. The third-order valence-electron chi connectivity index (χ3n) is 3.89. The van der Waals surface area contributed by atoms with Gasteiger partial charge in [-0.1, -0.05) is 6.07 Å². The van der Waals surface area contributed by atoms with Gasteiger partial charge in [0, 0.05) is 24.2 Å². The number of amides is 1. The second-order valence-corrected chi connectivity index (χ2v) is 6.75. The highest BCUT2D eigenvalue weighted by atomic mass is 32.1. The Bertz CT molecular complexity index is 1150. The van der Waals surface area contributed by atoms with Gasteiger partial charge in [0.15, 0.2) is 10.9 Å². The molecule has 0 atom stereocenters. The van der Waals surface area contributed by atoms with Gasteiger partial charge >= 0.3 is 0 Å². The Morgan fingerprint density at radius 1 is 1.17 bits per heavy atom. The lowest BCUT2D eigenvalue weighted by Crippen LogP contribution is -2.32. The number of hydrogen-bond acceptors (Lipinski definition) is 8. The highest BCUT2D eigenvalue weighted by Gasteiger charge is 2.11. The maximum Gasteiger partial charge on any atom is 0.270 e. The van der Waals surface area contributed by atoms with Crippen LogP contribution >= 0.6 is 11.3 Å². The average molecular weight is 408 g/mol. The summed E-state index contributed by atoms with van der Waals surface area (Å²) in [6, 6.07) is 12.0. The summed E-state index contributed by atoms with van der Waals surface area (Å²) in [5, 5.41) is 12.3. The van der Waals surface area contributed by atoms with Gasteiger partial charge in [-0.3, -0.25) is 9.59 Å². The van der Waals surface area contributed by atoms with Gasteiger partial charge in [-0.15, -0.1) is 11.3 Å². The molecular weight excluding hydrogens is 392 g/mol. The van der Waals surface area contributed by atoms with E-state index in [4.69, 9.17) is 4.42 Å². The molecule has 0 saturated carbocycles. The Balaban J connectivity index is 1.35. The Kier molecular flexibility index (Phi) is 5.43. The molecule has 0 unspecified atom stereocenters. The number of pyridine rings is 1. The van der Waals surface area contributed by atoms with Crippen LogP contribution in [0.3, 0.4) is 0 Å². The third kappa shape index (κ3) is 4.55. The number of furan rings is 1. The maximum absolute atomic E-state index is 12.3. The molecule has 146 valence electrons. The van der Waals surface area contributed by atoms with E-state index in [0.717, 1.165) is 0 Å². The minimum absolute atomic E-state index is 0.225. The SMILES string of the molecule is O=C(NCCn1nc(-c2ccco2)ccc1=O)c1csc(Nc2ccccn2)n1. The molecule has 2 N–H and O–H groups in total. The molecule has 0 fully saturated rings. The lowest BCUT2D eigenvalue weighted by atomic mass is 10.3. The van der Waals surface area contributed by atoms with Gasteiger partial charge in [0.05, 0.1) is 12.8 Å². The van der Waals surface area contributed by atoms with E-state index in [2.05, 4.69) is 25.7 Å². The molecule has 4 aromatic heterocycles. The molecule has 0 spiro atoms. The zero-order valence-corrected chi connectivity index (χ0v) is 15.9. The summed E-state index contributed by atoms with van der Waals surface area (Å²) >= 11 is 1.30. The second-order valence-electron chi connectivity index (χ2n) is 5.89. The van der Waals surface area contributed by atoms with Crippen molar-refractivity contribution in [3.05, 3.63) is 76.4 Å². The first-order chi connectivity index (χ1) is 14.2. The highest BCUT2D eigenvalue weighted by Crippen LogP contribution is 2.19. The first kappa shape index (κ1) is 18.6. The molecule has 10 heteroatoms. The van der Waals surface area contributed by atoms with Gasteiger partial charge in [0.25, 0.3) is 11.5 Å². The van der Waals surface area contributed by atoms with Crippen LogP contribution in [0.15, 0.2) is 69.5 Å². The summed E-state index contributed by atoms with van der Waals surface area (Å²) in [5.74, 6) is 0.888. The van der Waals surface area contributed by atoms with Crippen molar-refractivity contribution in [1.82, 2.24) is 25.1 Å². The first-order valence-corrected chi connectivity index (χ1v) is 9.61. The summed E-state index contributed by atoms with van der Waals surface area (Å²) in [6.45, 7) is 0.455. The van der Waals surface area contributed by atoms with Crippen LogP contribution in [0.4, 0.5) is 10.9 Å². The molecule has 0 aliphatic heterocycles. The molecule has 0 radical (unpaired) electrons. The van der Waals surface area contributed by atoms with Crippen LogP contribution in [0.25, 0.3) is 11.5 Å². The van der Waals surface area contributed by atoms with Crippen molar-refractivity contribution < 1.29 is 9.21 Å². The molecule has 1 amide bonds. The molecule has 9 nitrogen and oxygen atoms in total. The number of hydrogen-bond donors (Lipinski definition) is 2. The standard InChI is InChI=1S/C19H16N6O3S/c26-17-7-6-13(15-4-3-11-28-15)24-25(17)10-9-21-18(27)14-12-29-19(22-14)23-16-5-1-2-8-20-16/h1-8,11-12H,9-10H2,(H,21,27)(H,20,22,23). The van der Waals surface area contributed by atoms with Crippen LogP contribution in [0, 0.1) is 0 Å². The summed E-state index contributed by atoms with van der Waals surface area (Å²) in [6.07, 6.45) is 3.21. The summed E-state index contributed by atoms with van der Waals surface area (Å²) in [4.78, 5) is 32.7. The number of nitrogens with zero attached hydrogens (tertiary/aromatic N) is 4. The minimum atomic E-state index is -0.328. The van der Waals surface area contributed by atoms with E-state index in [-0.39, 0.29) is 30.2 Å². The number of anilines is 2. The first-order valence-electron chi connectivity index (χ1n) is 8.73. The van der Waals surface area contributed by atoms with Gasteiger partial charge in [0.2, 0.25) is 0 Å². The molecule has 4 heterocycles. The normalized spacial score (nSPS) is 10.6. The van der Waals surface area contributed by atoms with E-state index in [0.29, 0.717) is 22.4 Å². The Morgan fingerprint density at radius 2 is 2.10 bits per heavy atom. The quantitative estimate of drug-likeness (QED) is 0.483. The highest BCUT2D eigenvalue weighted by molar-refractivity contribution is 7.14. The van der Waals surface area contributed by atoms with Crippen molar-refractivity contribution in [1.29, 1.82) is 0 Å². The van der Waals surface area contributed by atoms with Crippen molar-refractivity contribution >= 4 is 28.2 Å². The van der Waals surface area contributed by atoms with Gasteiger partial charge in [-0.05, 0) is 30.3 Å². The zero-order chi connectivity index (χ0) is 20.1. The van der Waals surface area contributed by atoms with Gasteiger partial charge in [0.1, 0.15) is 17.2 Å². The van der Waals surface area contributed by atoms with Crippen molar-refractivity contribution in [2.24, 2.45) is 0 Å². The Hall–Kier alpha value is -3.79. The van der Waals surface area contributed by atoms with Gasteiger partial charge in [-0.2, -0.15) is 5.10 Å². The van der Waals surface area contributed by atoms with E-state index in [1.807, 2.05) is 18.2 Å². The third-order valence-corrected chi connectivity index (χ3v) is 4.64. The fourth-order valence-corrected chi connectivity index (χ4v) is 3.21. The van der Waals surface area contributed by atoms with Crippen LogP contribution < -0.4 is 16.2 Å². The summed E-state index contributed by atoms with van der Waals surface area (Å²) < 4.78 is 6.58. The number of thiazole rings is 1. The second kappa shape index (κ2) is 8.48. The Labute approximate surface area is 169 Å². The lowest BCUT2D eigenvalue weighted by molar-refractivity contribution is 0.0947. The van der Waals surface area contributed by atoms with Crippen molar-refractivity contribution in [2.75, 3.05) is 11.9 Å². The van der Waals surface area contributed by atoms with Gasteiger partial charge in [-0.25, -0.2) is 14.6 Å². The lowest BCUT2D eigenvalue weighted by Gasteiger charge is -2.07. The Morgan fingerprint density at radius 3 is 2.90 bits per heavy atom.